The zero-order valence-corrected chi connectivity index (χ0v) is 19.3. The number of aromatic nitrogens is 1. The third-order valence-electron chi connectivity index (χ3n) is 5.72. The van der Waals surface area contributed by atoms with Gasteiger partial charge in [0.1, 0.15) is 0 Å². The average molecular weight is 459 g/mol. The second-order valence-electron chi connectivity index (χ2n) is 8.10. The van der Waals surface area contributed by atoms with Crippen molar-refractivity contribution in [3.05, 3.63) is 59.9 Å². The van der Waals surface area contributed by atoms with E-state index in [2.05, 4.69) is 15.0 Å². The van der Waals surface area contributed by atoms with E-state index in [4.69, 9.17) is 0 Å². The molecule has 1 aliphatic heterocycles. The molecule has 1 aromatic carbocycles. The predicted molar refractivity (Wildman–Crippen MR) is 121 cm³/mol. The van der Waals surface area contributed by atoms with Crippen molar-refractivity contribution in [3.63, 3.8) is 0 Å². The van der Waals surface area contributed by atoms with Crippen LogP contribution in [-0.2, 0) is 21.4 Å². The van der Waals surface area contributed by atoms with E-state index < -0.39 is 10.0 Å². The summed E-state index contributed by atoms with van der Waals surface area (Å²) in [7, 11) is -3.60. The van der Waals surface area contributed by atoms with Gasteiger partial charge in [-0.05, 0) is 62.1 Å². The molecule has 1 saturated heterocycles. The summed E-state index contributed by atoms with van der Waals surface area (Å²) in [6.07, 6.45) is 5.28. The summed E-state index contributed by atoms with van der Waals surface area (Å²) in [6, 6.07) is 9.57. The maximum absolute atomic E-state index is 12.8. The first-order valence-corrected chi connectivity index (χ1v) is 12.4. The number of carbonyl (C=O) groups is 2. The largest absolute Gasteiger partial charge is 0.352 e. The molecule has 1 fully saturated rings. The Morgan fingerprint density at radius 2 is 1.84 bits per heavy atom. The van der Waals surface area contributed by atoms with Gasteiger partial charge in [-0.15, -0.1) is 0 Å². The summed E-state index contributed by atoms with van der Waals surface area (Å²) < 4.78 is 27.4. The predicted octanol–water partition coefficient (Wildman–Crippen LogP) is 2.33. The van der Waals surface area contributed by atoms with E-state index in [0.717, 1.165) is 5.56 Å². The van der Waals surface area contributed by atoms with E-state index in [-0.39, 0.29) is 28.7 Å². The maximum Gasteiger partial charge on any atom is 0.253 e. The fraction of sp³-hybridized carbons (Fsp3) is 0.435. The fourth-order valence-electron chi connectivity index (χ4n) is 3.56. The highest BCUT2D eigenvalue weighted by Crippen LogP contribution is 2.20. The summed E-state index contributed by atoms with van der Waals surface area (Å²) in [6.45, 7) is 5.12. The molecule has 172 valence electrons. The zero-order chi connectivity index (χ0) is 23.1. The van der Waals surface area contributed by atoms with Crippen molar-refractivity contribution >= 4 is 21.8 Å². The second kappa shape index (κ2) is 10.7. The standard InChI is InChI=1S/C23H30N4O4S/c1-3-17(2)26-32(30,31)21-8-6-20(7-9-21)23(29)27-13-10-19(11-14-27)22(28)25-16-18-5-4-12-24-15-18/h4-9,12,15,17,19,26H,3,10-11,13-14,16H2,1-2H3,(H,25,28). The Labute approximate surface area is 189 Å². The van der Waals surface area contributed by atoms with Gasteiger partial charge >= 0.3 is 0 Å². The van der Waals surface area contributed by atoms with Crippen molar-refractivity contribution in [2.45, 2.75) is 50.6 Å². The Bertz CT molecular complexity index is 1020. The van der Waals surface area contributed by atoms with Gasteiger partial charge in [-0.3, -0.25) is 14.6 Å². The number of pyridine rings is 1. The highest BCUT2D eigenvalue weighted by molar-refractivity contribution is 7.89. The highest BCUT2D eigenvalue weighted by atomic mass is 32.2. The summed E-state index contributed by atoms with van der Waals surface area (Å²) in [5, 5.41) is 2.94. The number of nitrogens with zero attached hydrogens (tertiary/aromatic N) is 2. The summed E-state index contributed by atoms with van der Waals surface area (Å²) >= 11 is 0. The molecule has 9 heteroatoms. The van der Waals surface area contributed by atoms with Crippen molar-refractivity contribution < 1.29 is 18.0 Å². The SMILES string of the molecule is CCC(C)NS(=O)(=O)c1ccc(C(=O)N2CCC(C(=O)NCc3cccnc3)CC2)cc1. The monoisotopic (exact) mass is 458 g/mol. The molecule has 0 bridgehead atoms. The fourth-order valence-corrected chi connectivity index (χ4v) is 4.88. The molecule has 8 nitrogen and oxygen atoms in total. The van der Waals surface area contributed by atoms with Crippen LogP contribution in [0.5, 0.6) is 0 Å². The number of rotatable bonds is 8. The minimum absolute atomic E-state index is 0.00989. The van der Waals surface area contributed by atoms with Gasteiger partial charge in [-0.2, -0.15) is 0 Å². The van der Waals surface area contributed by atoms with Gasteiger partial charge in [0.25, 0.3) is 5.91 Å². The lowest BCUT2D eigenvalue weighted by atomic mass is 9.95. The molecule has 2 aromatic rings. The molecular formula is C23H30N4O4S. The van der Waals surface area contributed by atoms with Crippen LogP contribution in [0.25, 0.3) is 0 Å². The van der Waals surface area contributed by atoms with E-state index in [1.807, 2.05) is 19.1 Å². The molecule has 1 unspecified atom stereocenters. The number of nitrogens with one attached hydrogen (secondary N) is 2. The third-order valence-corrected chi connectivity index (χ3v) is 7.33. The van der Waals surface area contributed by atoms with E-state index in [9.17, 15) is 18.0 Å². The zero-order valence-electron chi connectivity index (χ0n) is 18.5. The van der Waals surface area contributed by atoms with Crippen LogP contribution in [0.1, 0.15) is 49.0 Å². The van der Waals surface area contributed by atoms with Crippen molar-refractivity contribution in [2.24, 2.45) is 5.92 Å². The van der Waals surface area contributed by atoms with Gasteiger partial charge in [0.15, 0.2) is 0 Å². The van der Waals surface area contributed by atoms with Crippen LogP contribution < -0.4 is 10.0 Å². The number of hydrogen-bond donors (Lipinski definition) is 2. The minimum Gasteiger partial charge on any atom is -0.352 e. The maximum atomic E-state index is 12.8. The van der Waals surface area contributed by atoms with E-state index >= 15 is 0 Å². The number of sulfonamides is 1. The molecule has 2 heterocycles. The molecule has 1 aromatic heterocycles. The number of benzene rings is 1. The molecule has 1 aliphatic rings. The number of piperidine rings is 1. The number of amides is 2. The Morgan fingerprint density at radius 3 is 2.44 bits per heavy atom. The molecule has 0 aliphatic carbocycles. The van der Waals surface area contributed by atoms with E-state index in [1.54, 1.807) is 36.4 Å². The smallest absolute Gasteiger partial charge is 0.253 e. The molecule has 0 spiro atoms. The van der Waals surface area contributed by atoms with Gasteiger partial charge in [0.2, 0.25) is 15.9 Å². The topological polar surface area (TPSA) is 108 Å². The van der Waals surface area contributed by atoms with Gasteiger partial charge in [-0.1, -0.05) is 13.0 Å². The van der Waals surface area contributed by atoms with Crippen LogP contribution in [-0.4, -0.2) is 49.2 Å². The molecule has 0 saturated carbocycles. The number of likely N-dealkylation sites (tertiary alicyclic amines) is 1. The lowest BCUT2D eigenvalue weighted by Crippen LogP contribution is -2.43. The van der Waals surface area contributed by atoms with E-state index in [0.29, 0.717) is 44.5 Å². The first kappa shape index (κ1) is 23.9. The van der Waals surface area contributed by atoms with Crippen LogP contribution in [0.4, 0.5) is 0 Å². The quantitative estimate of drug-likeness (QED) is 0.631. The molecule has 2 amide bonds. The van der Waals surface area contributed by atoms with Crippen LogP contribution in [0.3, 0.4) is 0 Å². The van der Waals surface area contributed by atoms with Crippen LogP contribution in [0, 0.1) is 5.92 Å². The third kappa shape index (κ3) is 6.14. The van der Waals surface area contributed by atoms with Crippen LogP contribution in [0.15, 0.2) is 53.7 Å². The normalized spacial score (nSPS) is 15.9. The average Bonchev–Trinajstić information content (AvgIpc) is 2.82. The van der Waals surface area contributed by atoms with Gasteiger partial charge in [0, 0.05) is 49.6 Å². The number of carbonyl (C=O) groups excluding carboxylic acids is 2. The van der Waals surface area contributed by atoms with Gasteiger partial charge in [-0.25, -0.2) is 13.1 Å². The Hall–Kier alpha value is -2.78. The van der Waals surface area contributed by atoms with Crippen LogP contribution >= 0.6 is 0 Å². The summed E-state index contributed by atoms with van der Waals surface area (Å²) in [4.78, 5) is 31.2. The minimum atomic E-state index is -3.60. The van der Waals surface area contributed by atoms with Crippen LogP contribution in [0.2, 0.25) is 0 Å². The molecule has 2 N–H and O–H groups in total. The van der Waals surface area contributed by atoms with Crippen molar-refractivity contribution in [1.82, 2.24) is 19.9 Å². The first-order chi connectivity index (χ1) is 15.3. The molecular weight excluding hydrogens is 428 g/mol. The second-order valence-corrected chi connectivity index (χ2v) is 9.81. The van der Waals surface area contributed by atoms with Crippen molar-refractivity contribution in [2.75, 3.05) is 13.1 Å². The summed E-state index contributed by atoms with van der Waals surface area (Å²) in [5.41, 5.74) is 1.38. The molecule has 3 rings (SSSR count). The Balaban J connectivity index is 1.52. The van der Waals surface area contributed by atoms with Crippen molar-refractivity contribution in [3.8, 4) is 0 Å². The highest BCUT2D eigenvalue weighted by Gasteiger charge is 2.28. The Morgan fingerprint density at radius 1 is 1.16 bits per heavy atom. The Kier molecular flexibility index (Phi) is 7.98. The van der Waals surface area contributed by atoms with E-state index in [1.165, 1.54) is 12.1 Å². The molecule has 1 atom stereocenters. The van der Waals surface area contributed by atoms with Crippen molar-refractivity contribution in [1.29, 1.82) is 0 Å². The van der Waals surface area contributed by atoms with Gasteiger partial charge in [0.05, 0.1) is 4.90 Å². The number of hydrogen-bond acceptors (Lipinski definition) is 5. The van der Waals surface area contributed by atoms with Gasteiger partial charge < -0.3 is 10.2 Å². The molecule has 0 radical (unpaired) electrons. The molecule has 32 heavy (non-hydrogen) atoms. The lowest BCUT2D eigenvalue weighted by Gasteiger charge is -2.31. The lowest BCUT2D eigenvalue weighted by molar-refractivity contribution is -0.126. The first-order valence-electron chi connectivity index (χ1n) is 10.9. The summed E-state index contributed by atoms with van der Waals surface area (Å²) in [5.74, 6) is -0.294.